The lowest BCUT2D eigenvalue weighted by molar-refractivity contribution is 0.414. The van der Waals surface area contributed by atoms with Crippen LogP contribution in [0.2, 0.25) is 0 Å². The average molecular weight is 366 g/mol. The van der Waals surface area contributed by atoms with Gasteiger partial charge < -0.3 is 14.0 Å². The Labute approximate surface area is 158 Å². The fourth-order valence-corrected chi connectivity index (χ4v) is 4.49. The van der Waals surface area contributed by atoms with E-state index in [1.165, 1.54) is 0 Å². The maximum absolute atomic E-state index is 5.32. The molecular formula is C21H22N2O2S. The lowest BCUT2D eigenvalue weighted by Crippen LogP contribution is -2.10. The third-order valence-corrected chi connectivity index (χ3v) is 6.25. The van der Waals surface area contributed by atoms with E-state index in [2.05, 4.69) is 42.7 Å². The average Bonchev–Trinajstić information content (AvgIpc) is 3.18. The number of hydrogen-bond acceptors (Lipinski definition) is 4. The van der Waals surface area contributed by atoms with E-state index in [1.807, 2.05) is 36.0 Å². The fraction of sp³-hybridized carbons (Fsp3) is 0.286. The van der Waals surface area contributed by atoms with Crippen LogP contribution in [-0.4, -0.2) is 29.0 Å². The lowest BCUT2D eigenvalue weighted by atomic mass is 10.0. The Morgan fingerprint density at radius 2 is 1.38 bits per heavy atom. The smallest absolute Gasteiger partial charge is 0.169 e. The van der Waals surface area contributed by atoms with E-state index < -0.39 is 0 Å². The van der Waals surface area contributed by atoms with Gasteiger partial charge in [-0.25, -0.2) is 4.98 Å². The van der Waals surface area contributed by atoms with Crippen molar-refractivity contribution in [2.75, 3.05) is 14.2 Å². The largest absolute Gasteiger partial charge is 0.497 e. The number of nitrogens with zero attached hydrogens (tertiary/aromatic N) is 2. The Bertz CT molecular complexity index is 916. The van der Waals surface area contributed by atoms with Crippen molar-refractivity contribution in [2.45, 2.75) is 30.3 Å². The zero-order valence-corrected chi connectivity index (χ0v) is 16.2. The van der Waals surface area contributed by atoms with Crippen LogP contribution in [0, 0.1) is 0 Å². The molecule has 1 aliphatic rings. The first-order valence-corrected chi connectivity index (χ1v) is 9.58. The van der Waals surface area contributed by atoms with Gasteiger partial charge >= 0.3 is 0 Å². The van der Waals surface area contributed by atoms with Crippen molar-refractivity contribution < 1.29 is 9.47 Å². The van der Waals surface area contributed by atoms with Crippen LogP contribution in [-0.2, 0) is 0 Å². The molecular weight excluding hydrogens is 344 g/mol. The number of rotatable bonds is 4. The molecule has 0 saturated heterocycles. The second-order valence-corrected chi connectivity index (χ2v) is 7.83. The lowest BCUT2D eigenvalue weighted by Gasteiger charge is -2.16. The van der Waals surface area contributed by atoms with Gasteiger partial charge in [0.2, 0.25) is 0 Å². The van der Waals surface area contributed by atoms with Crippen LogP contribution in [0.15, 0.2) is 53.7 Å². The zero-order valence-electron chi connectivity index (χ0n) is 15.4. The summed E-state index contributed by atoms with van der Waals surface area (Å²) in [6.45, 7) is 4.52. The summed E-state index contributed by atoms with van der Waals surface area (Å²) in [7, 11) is 3.37. The normalized spacial score (nSPS) is 18.6. The maximum atomic E-state index is 5.32. The third-order valence-electron chi connectivity index (χ3n) is 4.98. The van der Waals surface area contributed by atoms with E-state index in [1.54, 1.807) is 14.2 Å². The molecule has 0 bridgehead atoms. The molecule has 4 rings (SSSR count). The van der Waals surface area contributed by atoms with E-state index in [4.69, 9.17) is 14.5 Å². The number of hydrogen-bond donors (Lipinski definition) is 0. The molecule has 2 heterocycles. The third kappa shape index (κ3) is 2.76. The molecule has 2 unspecified atom stereocenters. The van der Waals surface area contributed by atoms with Crippen molar-refractivity contribution in [3.05, 3.63) is 48.5 Å². The number of fused-ring (bicyclic) bond motifs is 1. The van der Waals surface area contributed by atoms with Crippen LogP contribution in [0.25, 0.3) is 22.5 Å². The van der Waals surface area contributed by atoms with Gasteiger partial charge in [0, 0.05) is 22.4 Å². The number of thioether (sulfide) groups is 1. The highest BCUT2D eigenvalue weighted by atomic mass is 32.2. The summed E-state index contributed by atoms with van der Waals surface area (Å²) in [6.07, 6.45) is 0. The molecule has 0 saturated carbocycles. The van der Waals surface area contributed by atoms with E-state index in [0.717, 1.165) is 39.2 Å². The second-order valence-electron chi connectivity index (χ2n) is 6.48. The van der Waals surface area contributed by atoms with Crippen molar-refractivity contribution in [1.82, 2.24) is 9.55 Å². The highest BCUT2D eigenvalue weighted by molar-refractivity contribution is 8.00. The standard InChI is InChI=1S/C21H22N2O2S/c1-13-14(2)26-21-22-19(15-5-9-17(24-3)10-6-15)20(23(13)21)16-7-11-18(25-4)12-8-16/h5-14H,1-4H3. The van der Waals surface area contributed by atoms with E-state index in [-0.39, 0.29) is 0 Å². The van der Waals surface area contributed by atoms with E-state index in [0.29, 0.717) is 11.3 Å². The summed E-state index contributed by atoms with van der Waals surface area (Å²) < 4.78 is 13.0. The minimum atomic E-state index is 0.395. The molecule has 134 valence electrons. The molecule has 26 heavy (non-hydrogen) atoms. The molecule has 3 aromatic rings. The molecule has 1 aliphatic heterocycles. The van der Waals surface area contributed by atoms with Crippen molar-refractivity contribution in [3.63, 3.8) is 0 Å². The minimum absolute atomic E-state index is 0.395. The molecule has 0 radical (unpaired) electrons. The molecule has 0 N–H and O–H groups in total. The molecule has 0 amide bonds. The Morgan fingerprint density at radius 3 is 1.92 bits per heavy atom. The number of ether oxygens (including phenoxy) is 2. The van der Waals surface area contributed by atoms with Crippen molar-refractivity contribution in [2.24, 2.45) is 0 Å². The van der Waals surface area contributed by atoms with Gasteiger partial charge in [-0.1, -0.05) is 18.7 Å². The van der Waals surface area contributed by atoms with Gasteiger partial charge in [-0.2, -0.15) is 0 Å². The first kappa shape index (κ1) is 17.0. The van der Waals surface area contributed by atoms with E-state index in [9.17, 15) is 0 Å². The predicted octanol–water partition coefficient (Wildman–Crippen LogP) is 5.29. The van der Waals surface area contributed by atoms with Crippen molar-refractivity contribution in [3.8, 4) is 34.0 Å². The summed E-state index contributed by atoms with van der Waals surface area (Å²) in [5.41, 5.74) is 4.42. The topological polar surface area (TPSA) is 36.3 Å². The Balaban J connectivity index is 1.88. The number of benzene rings is 2. The van der Waals surface area contributed by atoms with Gasteiger partial charge in [-0.3, -0.25) is 0 Å². The van der Waals surface area contributed by atoms with Gasteiger partial charge in [-0.05, 0) is 55.5 Å². The van der Waals surface area contributed by atoms with Crippen LogP contribution >= 0.6 is 11.8 Å². The van der Waals surface area contributed by atoms with Gasteiger partial charge in [0.05, 0.1) is 25.6 Å². The summed E-state index contributed by atoms with van der Waals surface area (Å²) in [4.78, 5) is 4.99. The molecule has 1 aromatic heterocycles. The number of imidazole rings is 1. The van der Waals surface area contributed by atoms with Crippen LogP contribution in [0.5, 0.6) is 11.5 Å². The number of methoxy groups -OCH3 is 2. The molecule has 4 nitrogen and oxygen atoms in total. The molecule has 5 heteroatoms. The molecule has 2 atom stereocenters. The molecule has 2 aromatic carbocycles. The Hall–Kier alpha value is -2.40. The predicted molar refractivity (Wildman–Crippen MR) is 106 cm³/mol. The highest BCUT2D eigenvalue weighted by Crippen LogP contribution is 2.46. The van der Waals surface area contributed by atoms with Gasteiger partial charge in [0.15, 0.2) is 5.16 Å². The Morgan fingerprint density at radius 1 is 0.846 bits per heavy atom. The maximum Gasteiger partial charge on any atom is 0.169 e. The SMILES string of the molecule is COc1ccc(-c2nc3n(c2-c2ccc(OC)cc2)C(C)C(C)S3)cc1. The summed E-state index contributed by atoms with van der Waals surface area (Å²) in [5.74, 6) is 1.71. The van der Waals surface area contributed by atoms with Crippen molar-refractivity contribution in [1.29, 1.82) is 0 Å². The fourth-order valence-electron chi connectivity index (χ4n) is 3.32. The van der Waals surface area contributed by atoms with Gasteiger partial charge in [-0.15, -0.1) is 0 Å². The van der Waals surface area contributed by atoms with Crippen LogP contribution in [0.1, 0.15) is 19.9 Å². The van der Waals surface area contributed by atoms with Gasteiger partial charge in [0.1, 0.15) is 11.5 Å². The van der Waals surface area contributed by atoms with E-state index >= 15 is 0 Å². The number of aromatic nitrogens is 2. The first-order valence-electron chi connectivity index (χ1n) is 8.70. The summed E-state index contributed by atoms with van der Waals surface area (Å²) in [6, 6.07) is 16.7. The first-order chi connectivity index (χ1) is 12.6. The molecule has 0 spiro atoms. The second kappa shape index (κ2) is 6.72. The highest BCUT2D eigenvalue weighted by Gasteiger charge is 2.33. The van der Waals surface area contributed by atoms with Crippen LogP contribution < -0.4 is 9.47 Å². The molecule has 0 aliphatic carbocycles. The summed E-state index contributed by atoms with van der Waals surface area (Å²) >= 11 is 1.84. The quantitative estimate of drug-likeness (QED) is 0.629. The van der Waals surface area contributed by atoms with Crippen LogP contribution in [0.3, 0.4) is 0 Å². The monoisotopic (exact) mass is 366 g/mol. The van der Waals surface area contributed by atoms with Crippen LogP contribution in [0.4, 0.5) is 0 Å². The minimum Gasteiger partial charge on any atom is -0.497 e. The summed E-state index contributed by atoms with van der Waals surface area (Å²) in [5, 5.41) is 1.60. The van der Waals surface area contributed by atoms with Crippen molar-refractivity contribution >= 4 is 11.8 Å². The zero-order chi connectivity index (χ0) is 18.3. The Kier molecular flexibility index (Phi) is 4.41. The molecule has 0 fully saturated rings. The van der Waals surface area contributed by atoms with Gasteiger partial charge in [0.25, 0.3) is 0 Å².